The Morgan fingerprint density at radius 2 is 1.69 bits per heavy atom. The van der Waals surface area contributed by atoms with E-state index in [0.29, 0.717) is 11.8 Å². The topological polar surface area (TPSA) is 61.8 Å². The maximum atomic E-state index is 13.0. The number of fused-ring (bicyclic) bond motifs is 2. The third kappa shape index (κ3) is 2.54. The molecule has 0 aromatic rings. The molecular weight excluding hydrogens is 328 g/mol. The SMILES string of the molecule is CC1(C)CC(N2C(=O)O[C@](C)([C@H]3C[C@H]4C=C[C@H]3C4)[C@]2(C)O)CC(C)(C)N1. The monoisotopic (exact) mass is 362 g/mol. The van der Waals surface area contributed by atoms with Crippen LogP contribution in [0.25, 0.3) is 0 Å². The molecule has 2 N–H and O–H groups in total. The van der Waals surface area contributed by atoms with Gasteiger partial charge in [-0.05, 0) is 79.1 Å². The molecule has 2 saturated heterocycles. The average Bonchev–Trinajstić information content (AvgIpc) is 3.09. The summed E-state index contributed by atoms with van der Waals surface area (Å²) in [5, 5.41) is 15.3. The Kier molecular flexibility index (Phi) is 3.70. The molecule has 2 aliphatic heterocycles. The highest BCUT2D eigenvalue weighted by molar-refractivity contribution is 5.73. The lowest BCUT2D eigenvalue weighted by molar-refractivity contribution is -0.177. The summed E-state index contributed by atoms with van der Waals surface area (Å²) in [6, 6.07) is -0.0419. The van der Waals surface area contributed by atoms with Crippen LogP contribution in [-0.4, -0.2) is 44.5 Å². The molecule has 2 heterocycles. The molecule has 146 valence electrons. The molecule has 0 unspecified atom stereocenters. The highest BCUT2D eigenvalue weighted by Gasteiger charge is 2.67. The van der Waals surface area contributed by atoms with Crippen LogP contribution >= 0.6 is 0 Å². The summed E-state index contributed by atoms with van der Waals surface area (Å²) in [6.07, 6.45) is 7.91. The van der Waals surface area contributed by atoms with Crippen molar-refractivity contribution in [3.63, 3.8) is 0 Å². The van der Waals surface area contributed by atoms with Crippen molar-refractivity contribution in [2.45, 2.75) is 95.7 Å². The van der Waals surface area contributed by atoms with Crippen LogP contribution < -0.4 is 5.32 Å². The van der Waals surface area contributed by atoms with Crippen molar-refractivity contribution in [3.05, 3.63) is 12.2 Å². The van der Waals surface area contributed by atoms with Gasteiger partial charge in [0.15, 0.2) is 11.3 Å². The van der Waals surface area contributed by atoms with Crippen LogP contribution in [0.3, 0.4) is 0 Å². The summed E-state index contributed by atoms with van der Waals surface area (Å²) in [7, 11) is 0. The maximum absolute atomic E-state index is 13.0. The first-order valence-corrected chi connectivity index (χ1v) is 10.1. The fraction of sp³-hybridized carbons (Fsp3) is 0.857. The van der Waals surface area contributed by atoms with Gasteiger partial charge in [-0.15, -0.1) is 0 Å². The third-order valence-corrected chi connectivity index (χ3v) is 7.43. The van der Waals surface area contributed by atoms with Gasteiger partial charge in [0.2, 0.25) is 0 Å². The maximum Gasteiger partial charge on any atom is 0.413 e. The van der Waals surface area contributed by atoms with E-state index in [0.717, 1.165) is 25.7 Å². The van der Waals surface area contributed by atoms with Crippen LogP contribution in [0.1, 0.15) is 67.2 Å². The van der Waals surface area contributed by atoms with Crippen molar-refractivity contribution < 1.29 is 14.6 Å². The number of hydrogen-bond acceptors (Lipinski definition) is 4. The molecule has 2 aliphatic carbocycles. The molecule has 4 aliphatic rings. The van der Waals surface area contributed by atoms with Gasteiger partial charge in [0.05, 0.1) is 0 Å². The minimum Gasteiger partial charge on any atom is -0.438 e. The molecular formula is C21H34N2O3. The van der Waals surface area contributed by atoms with Gasteiger partial charge in [0.25, 0.3) is 0 Å². The minimum absolute atomic E-state index is 0.0419. The largest absolute Gasteiger partial charge is 0.438 e. The molecule has 3 fully saturated rings. The lowest BCUT2D eigenvalue weighted by Gasteiger charge is -2.51. The smallest absolute Gasteiger partial charge is 0.413 e. The number of aliphatic hydroxyl groups is 1. The van der Waals surface area contributed by atoms with Crippen molar-refractivity contribution in [1.29, 1.82) is 0 Å². The highest BCUT2D eigenvalue weighted by atomic mass is 16.6. The van der Waals surface area contributed by atoms with E-state index in [4.69, 9.17) is 4.74 Å². The number of ether oxygens (including phenoxy) is 1. The summed E-state index contributed by atoms with van der Waals surface area (Å²) >= 11 is 0. The Bertz CT molecular complexity index is 638. The number of cyclic esters (lactones) is 1. The number of piperidine rings is 1. The van der Waals surface area contributed by atoms with Gasteiger partial charge < -0.3 is 15.2 Å². The Morgan fingerprint density at radius 1 is 1.08 bits per heavy atom. The summed E-state index contributed by atoms with van der Waals surface area (Å²) in [4.78, 5) is 14.7. The number of rotatable bonds is 2. The van der Waals surface area contributed by atoms with E-state index < -0.39 is 11.3 Å². The summed E-state index contributed by atoms with van der Waals surface area (Å²) < 4.78 is 5.99. The molecule has 0 radical (unpaired) electrons. The summed E-state index contributed by atoms with van der Waals surface area (Å²) in [6.45, 7) is 12.4. The molecule has 0 spiro atoms. The predicted molar refractivity (Wildman–Crippen MR) is 101 cm³/mol. The first kappa shape index (κ1) is 18.3. The van der Waals surface area contributed by atoms with Crippen LogP contribution in [0.5, 0.6) is 0 Å². The Morgan fingerprint density at radius 3 is 2.19 bits per heavy atom. The zero-order valence-electron chi connectivity index (χ0n) is 17.0. The number of allylic oxidation sites excluding steroid dienone is 2. The second-order valence-corrected chi connectivity index (χ2v) is 10.7. The van der Waals surface area contributed by atoms with Crippen LogP contribution in [-0.2, 0) is 4.74 Å². The van der Waals surface area contributed by atoms with Gasteiger partial charge in [0.1, 0.15) is 0 Å². The van der Waals surface area contributed by atoms with E-state index in [1.54, 1.807) is 11.8 Å². The zero-order valence-corrected chi connectivity index (χ0v) is 17.0. The third-order valence-electron chi connectivity index (χ3n) is 7.43. The molecule has 5 heteroatoms. The fourth-order valence-electron chi connectivity index (χ4n) is 6.54. The van der Waals surface area contributed by atoms with Gasteiger partial charge in [-0.25, -0.2) is 4.79 Å². The Hall–Kier alpha value is -1.07. The van der Waals surface area contributed by atoms with Crippen LogP contribution in [0.2, 0.25) is 0 Å². The first-order chi connectivity index (χ1) is 11.8. The Balaban J connectivity index is 1.66. The second kappa shape index (κ2) is 5.26. The van der Waals surface area contributed by atoms with E-state index in [9.17, 15) is 9.90 Å². The number of nitrogens with zero attached hydrogens (tertiary/aromatic N) is 1. The predicted octanol–water partition coefficient (Wildman–Crippen LogP) is 3.43. The molecule has 1 amide bonds. The lowest BCUT2D eigenvalue weighted by atomic mass is 9.72. The average molecular weight is 363 g/mol. The molecule has 5 nitrogen and oxygen atoms in total. The fourth-order valence-corrected chi connectivity index (χ4v) is 6.54. The molecule has 26 heavy (non-hydrogen) atoms. The van der Waals surface area contributed by atoms with E-state index in [2.05, 4.69) is 45.2 Å². The van der Waals surface area contributed by atoms with E-state index in [1.807, 2.05) is 6.92 Å². The lowest BCUT2D eigenvalue weighted by Crippen LogP contribution is -2.67. The molecule has 0 aromatic carbocycles. The Labute approximate surface area is 157 Å². The summed E-state index contributed by atoms with van der Waals surface area (Å²) in [5.41, 5.74) is -2.37. The normalized spacial score (nSPS) is 46.8. The van der Waals surface area contributed by atoms with Gasteiger partial charge in [-0.1, -0.05) is 12.2 Å². The number of carbonyl (C=O) groups is 1. The number of hydrogen-bond donors (Lipinski definition) is 2. The quantitative estimate of drug-likeness (QED) is 0.739. The van der Waals surface area contributed by atoms with Gasteiger partial charge >= 0.3 is 6.09 Å². The minimum atomic E-state index is -1.30. The summed E-state index contributed by atoms with van der Waals surface area (Å²) in [5.74, 6) is 1.16. The standard InChI is InChI=1S/C21H34N2O3/c1-18(2)11-15(12-19(3,4)22-18)23-17(24)26-20(5,21(23,6)25)16-10-13-7-8-14(16)9-13/h7-8,13-16,22,25H,9-12H2,1-6H3/t13-,14-,16-,20+,21-/m0/s1. The van der Waals surface area contributed by atoms with Crippen LogP contribution in [0.15, 0.2) is 12.2 Å². The van der Waals surface area contributed by atoms with E-state index in [1.165, 1.54) is 0 Å². The zero-order chi connectivity index (χ0) is 19.1. The van der Waals surface area contributed by atoms with Gasteiger partial charge in [-0.3, -0.25) is 4.90 Å². The van der Waals surface area contributed by atoms with Crippen molar-refractivity contribution in [2.75, 3.05) is 0 Å². The molecule has 1 saturated carbocycles. The molecule has 0 aromatic heterocycles. The molecule has 4 rings (SSSR count). The number of nitrogens with one attached hydrogen (secondary N) is 1. The van der Waals surface area contributed by atoms with Crippen LogP contribution in [0, 0.1) is 17.8 Å². The van der Waals surface area contributed by atoms with E-state index in [-0.39, 0.29) is 29.1 Å². The van der Waals surface area contributed by atoms with Crippen molar-refractivity contribution in [3.8, 4) is 0 Å². The van der Waals surface area contributed by atoms with Crippen LogP contribution in [0.4, 0.5) is 4.79 Å². The molecule has 5 atom stereocenters. The van der Waals surface area contributed by atoms with Gasteiger partial charge in [0, 0.05) is 23.0 Å². The number of amides is 1. The van der Waals surface area contributed by atoms with Gasteiger partial charge in [-0.2, -0.15) is 0 Å². The second-order valence-electron chi connectivity index (χ2n) is 10.7. The van der Waals surface area contributed by atoms with Crippen molar-refractivity contribution >= 4 is 6.09 Å². The van der Waals surface area contributed by atoms with Crippen molar-refractivity contribution in [2.24, 2.45) is 17.8 Å². The first-order valence-electron chi connectivity index (χ1n) is 10.1. The van der Waals surface area contributed by atoms with Crippen molar-refractivity contribution in [1.82, 2.24) is 10.2 Å². The number of carbonyl (C=O) groups excluding carboxylic acids is 1. The highest BCUT2D eigenvalue weighted by Crippen LogP contribution is 2.56. The molecule has 2 bridgehead atoms. The van der Waals surface area contributed by atoms with E-state index >= 15 is 0 Å².